The number of hydrogen-bond acceptors (Lipinski definition) is 7. The Labute approximate surface area is 144 Å². The lowest BCUT2D eigenvalue weighted by atomic mass is 10.1. The zero-order valence-electron chi connectivity index (χ0n) is 12.9. The van der Waals surface area contributed by atoms with Crippen molar-refractivity contribution in [2.45, 2.75) is 6.04 Å². The van der Waals surface area contributed by atoms with Crippen LogP contribution in [0.3, 0.4) is 0 Å². The summed E-state index contributed by atoms with van der Waals surface area (Å²) in [5, 5.41) is 34.3. The summed E-state index contributed by atoms with van der Waals surface area (Å²) in [6.45, 7) is 0. The Morgan fingerprint density at radius 3 is 2.65 bits per heavy atom. The highest BCUT2D eigenvalue weighted by atomic mass is 16.6. The average molecular weight is 357 g/mol. The van der Waals surface area contributed by atoms with Gasteiger partial charge in [0.25, 0.3) is 6.04 Å². The number of imidazole rings is 1. The van der Waals surface area contributed by atoms with E-state index in [1.807, 2.05) is 0 Å². The van der Waals surface area contributed by atoms with Gasteiger partial charge in [0.15, 0.2) is 0 Å². The molecule has 132 valence electrons. The first-order chi connectivity index (χ1) is 12.4. The molecule has 0 radical (unpaired) electrons. The zero-order valence-corrected chi connectivity index (χ0v) is 12.9. The lowest BCUT2D eigenvalue weighted by molar-refractivity contribution is -0.491. The summed E-state index contributed by atoms with van der Waals surface area (Å²) in [6.07, 6.45) is 3.87. The number of rotatable bonds is 4. The number of carbonyl (C=O) groups is 1. The van der Waals surface area contributed by atoms with Crippen LogP contribution < -0.4 is 16.1 Å². The average Bonchev–Trinajstić information content (AvgIpc) is 2.98. The predicted molar refractivity (Wildman–Crippen MR) is 89.3 cm³/mol. The minimum atomic E-state index is -1.10. The second kappa shape index (κ2) is 6.47. The van der Waals surface area contributed by atoms with Crippen LogP contribution in [0.5, 0.6) is 5.75 Å². The molecule has 0 fully saturated rings. The molecule has 1 unspecified atom stereocenters. The topological polar surface area (TPSA) is 164 Å². The molecule has 2 aromatic rings. The van der Waals surface area contributed by atoms with Crippen LogP contribution in [0, 0.1) is 20.2 Å². The lowest BCUT2D eigenvalue weighted by Crippen LogP contribution is -2.29. The Morgan fingerprint density at radius 1 is 1.27 bits per heavy atom. The maximum absolute atomic E-state index is 12.3. The number of carbonyl (C=O) groups excluding carboxylic acids is 1. The minimum Gasteiger partial charge on any atom is -0.506 e. The van der Waals surface area contributed by atoms with Gasteiger partial charge in [-0.2, -0.15) is 0 Å². The second-order valence-corrected chi connectivity index (χ2v) is 5.26. The van der Waals surface area contributed by atoms with Crippen molar-refractivity contribution in [3.63, 3.8) is 0 Å². The number of fused-ring (bicyclic) bond motifs is 1. The summed E-state index contributed by atoms with van der Waals surface area (Å²) in [5.74, 6) is -1.36. The van der Waals surface area contributed by atoms with Crippen molar-refractivity contribution < 1.29 is 19.7 Å². The zero-order chi connectivity index (χ0) is 18.8. The van der Waals surface area contributed by atoms with E-state index < -0.39 is 27.5 Å². The molecule has 1 atom stereocenters. The number of aromatic hydroxyl groups is 1. The lowest BCUT2D eigenvalue weighted by Gasteiger charge is -2.04. The van der Waals surface area contributed by atoms with Crippen molar-refractivity contribution in [1.82, 2.24) is 9.97 Å². The molecule has 1 amide bonds. The Balaban J connectivity index is 2.06. The van der Waals surface area contributed by atoms with Gasteiger partial charge in [0.1, 0.15) is 5.75 Å². The van der Waals surface area contributed by atoms with Crippen molar-refractivity contribution in [1.29, 1.82) is 0 Å². The standard InChI is InChI=1S/C15H11N5O6/c21-12-4-2-1-3-10(12)18-15(22)13(20(25)26)14-16-9-6-5-8(19(23)24)7-11(9)17-14/h1-8,17,21H,(H,18,22)/b14-13-. The number of nitrogens with zero attached hydrogens (tertiary/aromatic N) is 3. The molecule has 1 aromatic carbocycles. The van der Waals surface area contributed by atoms with Gasteiger partial charge in [0.05, 0.1) is 21.7 Å². The first-order valence-electron chi connectivity index (χ1n) is 7.24. The number of hydrogen-bond donors (Lipinski definition) is 3. The Kier molecular flexibility index (Phi) is 4.19. The van der Waals surface area contributed by atoms with Crippen LogP contribution in [-0.2, 0) is 4.79 Å². The van der Waals surface area contributed by atoms with Crippen LogP contribution in [0.4, 0.5) is 5.69 Å². The molecule has 0 saturated heterocycles. The summed E-state index contributed by atoms with van der Waals surface area (Å²) >= 11 is 0. The molecule has 3 rings (SSSR count). The van der Waals surface area contributed by atoms with Crippen molar-refractivity contribution in [3.05, 3.63) is 67.1 Å². The third-order valence-electron chi connectivity index (χ3n) is 3.57. The van der Waals surface area contributed by atoms with Crippen molar-refractivity contribution in [2.24, 2.45) is 0 Å². The van der Waals surface area contributed by atoms with Crippen molar-refractivity contribution in [2.75, 3.05) is 5.32 Å². The number of phenolic OH excluding ortho intramolecular Hbond substituents is 1. The SMILES string of the molecule is O=C(Nc1ccccc1O)/C(=c1\nc2c([nH]1)=CC([N+](=O)[O-])C=C2)[N+](=O)[O-]. The molecule has 0 spiro atoms. The fourth-order valence-electron chi connectivity index (χ4n) is 2.35. The van der Waals surface area contributed by atoms with Crippen LogP contribution in [0.15, 0.2) is 30.3 Å². The molecule has 0 saturated carbocycles. The molecule has 11 nitrogen and oxygen atoms in total. The Hall–Kier alpha value is -4.02. The number of aromatic amines is 1. The summed E-state index contributed by atoms with van der Waals surface area (Å²) in [4.78, 5) is 39.5. The monoisotopic (exact) mass is 357 g/mol. The van der Waals surface area contributed by atoms with Gasteiger partial charge in [-0.3, -0.25) is 25.0 Å². The Bertz CT molecular complexity index is 1070. The van der Waals surface area contributed by atoms with Gasteiger partial charge in [0, 0.05) is 11.0 Å². The van der Waals surface area contributed by atoms with Gasteiger partial charge in [0.2, 0.25) is 5.48 Å². The van der Waals surface area contributed by atoms with E-state index in [4.69, 9.17) is 0 Å². The van der Waals surface area contributed by atoms with E-state index >= 15 is 0 Å². The van der Waals surface area contributed by atoms with E-state index in [0.29, 0.717) is 0 Å². The number of benzene rings is 1. The van der Waals surface area contributed by atoms with E-state index in [0.717, 1.165) is 0 Å². The van der Waals surface area contributed by atoms with Gasteiger partial charge >= 0.3 is 11.6 Å². The number of nitrogens with one attached hydrogen (secondary N) is 2. The summed E-state index contributed by atoms with van der Waals surface area (Å²) in [7, 11) is 0. The molecule has 11 heteroatoms. The van der Waals surface area contributed by atoms with Crippen LogP contribution in [0.25, 0.3) is 17.8 Å². The van der Waals surface area contributed by atoms with Gasteiger partial charge in [-0.1, -0.05) is 12.1 Å². The number of H-pyrrole nitrogens is 1. The number of anilines is 1. The molecule has 1 aliphatic carbocycles. The molecular weight excluding hydrogens is 346 g/mol. The molecule has 0 bridgehead atoms. The van der Waals surface area contributed by atoms with Gasteiger partial charge < -0.3 is 15.4 Å². The number of aromatic nitrogens is 2. The fourth-order valence-corrected chi connectivity index (χ4v) is 2.35. The quantitative estimate of drug-likeness (QED) is 0.380. The van der Waals surface area contributed by atoms with Gasteiger partial charge in [-0.05, 0) is 24.3 Å². The highest BCUT2D eigenvalue weighted by molar-refractivity contribution is 6.17. The maximum Gasteiger partial charge on any atom is 0.375 e. The fraction of sp³-hybridized carbons (Fsp3) is 0.0667. The van der Waals surface area contributed by atoms with E-state index in [9.17, 15) is 30.1 Å². The summed E-state index contributed by atoms with van der Waals surface area (Å²) in [6, 6.07) is 4.65. The van der Waals surface area contributed by atoms with Crippen molar-refractivity contribution in [3.8, 4) is 5.75 Å². The normalized spacial score (nSPS) is 16.2. The first kappa shape index (κ1) is 16.8. The predicted octanol–water partition coefficient (Wildman–Crippen LogP) is -0.409. The van der Waals surface area contributed by atoms with Gasteiger partial charge in [-0.15, -0.1) is 0 Å². The van der Waals surface area contributed by atoms with Crippen LogP contribution in [0.2, 0.25) is 0 Å². The van der Waals surface area contributed by atoms with E-state index in [1.54, 1.807) is 0 Å². The first-order valence-corrected chi connectivity index (χ1v) is 7.24. The highest BCUT2D eigenvalue weighted by Crippen LogP contribution is 2.22. The van der Waals surface area contributed by atoms with E-state index in [-0.39, 0.29) is 28.0 Å². The second-order valence-electron chi connectivity index (χ2n) is 5.26. The number of amides is 1. The molecular formula is C15H11N5O6. The van der Waals surface area contributed by atoms with Gasteiger partial charge in [-0.25, -0.2) is 4.98 Å². The summed E-state index contributed by atoms with van der Waals surface area (Å²) in [5.41, 5.74) is -0.999. The number of phenols is 1. The largest absolute Gasteiger partial charge is 0.506 e. The van der Waals surface area contributed by atoms with Crippen LogP contribution in [-0.4, -0.2) is 36.9 Å². The Morgan fingerprint density at radius 2 is 2.00 bits per heavy atom. The molecule has 3 N–H and O–H groups in total. The van der Waals surface area contributed by atoms with E-state index in [1.165, 1.54) is 42.5 Å². The molecule has 1 heterocycles. The third kappa shape index (κ3) is 3.13. The summed E-state index contributed by atoms with van der Waals surface area (Å²) < 4.78 is 0. The third-order valence-corrected chi connectivity index (χ3v) is 3.57. The number of nitro groups is 2. The molecule has 0 aliphatic heterocycles. The maximum atomic E-state index is 12.3. The molecule has 26 heavy (non-hydrogen) atoms. The van der Waals surface area contributed by atoms with E-state index in [2.05, 4.69) is 15.3 Å². The highest BCUT2D eigenvalue weighted by Gasteiger charge is 2.27. The minimum absolute atomic E-state index is 0.00644. The number of para-hydroxylation sites is 2. The van der Waals surface area contributed by atoms with Crippen LogP contribution >= 0.6 is 0 Å². The molecule has 1 aliphatic rings. The molecule has 1 aromatic heterocycles. The smallest absolute Gasteiger partial charge is 0.375 e. The van der Waals surface area contributed by atoms with Crippen LogP contribution in [0.1, 0.15) is 5.69 Å². The van der Waals surface area contributed by atoms with Crippen molar-refractivity contribution >= 4 is 29.4 Å².